The molecule has 1 saturated heterocycles. The van der Waals surface area contributed by atoms with Gasteiger partial charge in [-0.15, -0.1) is 0 Å². The Morgan fingerprint density at radius 1 is 0.931 bits per heavy atom. The van der Waals surface area contributed by atoms with Crippen molar-refractivity contribution in [1.82, 2.24) is 10.2 Å². The van der Waals surface area contributed by atoms with Crippen LogP contribution in [-0.2, 0) is 4.79 Å². The van der Waals surface area contributed by atoms with Crippen molar-refractivity contribution in [1.29, 1.82) is 0 Å². The van der Waals surface area contributed by atoms with Crippen LogP contribution in [0.1, 0.15) is 64.2 Å². The molecule has 0 unspecified atom stereocenters. The number of β-amino-alcohol motifs (C(OH)–C–C–N with tert-alkyl or cyclic N) is 1. The molecule has 4 bridgehead atoms. The number of hydrogen-bond donors (Lipinski definition) is 5. The van der Waals surface area contributed by atoms with E-state index in [0.29, 0.717) is 13.0 Å². The highest BCUT2D eigenvalue weighted by atomic mass is 16.4. The number of piperidine rings is 1. The van der Waals surface area contributed by atoms with Crippen molar-refractivity contribution >= 4 is 5.91 Å². The molecule has 1 aliphatic heterocycles. The summed E-state index contributed by atoms with van der Waals surface area (Å²) >= 11 is 0. The second-order valence-corrected chi connectivity index (χ2v) is 10.4. The van der Waals surface area contributed by atoms with Gasteiger partial charge in [-0.25, -0.2) is 0 Å². The molecule has 1 heterocycles. The molecule has 7 nitrogen and oxygen atoms in total. The number of rotatable bonds is 8. The monoisotopic (exact) mass is 410 g/mol. The number of nitrogens with zero attached hydrogens (tertiary/aromatic N) is 1. The summed E-state index contributed by atoms with van der Waals surface area (Å²) in [4.78, 5) is 14.4. The molecule has 1 amide bonds. The van der Waals surface area contributed by atoms with Gasteiger partial charge in [0, 0.05) is 18.5 Å². The molecular formula is C22H38N2O5. The third-order valence-corrected chi connectivity index (χ3v) is 8.01. The second kappa shape index (κ2) is 8.79. The van der Waals surface area contributed by atoms with Gasteiger partial charge in [0.05, 0.1) is 18.8 Å². The maximum Gasteiger partial charge on any atom is 0.220 e. The number of amides is 1. The van der Waals surface area contributed by atoms with Crippen molar-refractivity contribution in [3.8, 4) is 0 Å². The fourth-order valence-electron chi connectivity index (χ4n) is 7.03. The SMILES string of the molecule is O=C(CCCCCN1C[C@H](O)[C@@H](O)[C@H](O)[C@H]1CO)NC12CC3CC(CC(C3)C1)C2. The van der Waals surface area contributed by atoms with Crippen LogP contribution in [-0.4, -0.2) is 80.8 Å². The minimum absolute atomic E-state index is 0.0844. The highest BCUT2D eigenvalue weighted by Crippen LogP contribution is 2.55. The summed E-state index contributed by atoms with van der Waals surface area (Å²) in [5.41, 5.74) is 0.0844. The van der Waals surface area contributed by atoms with E-state index >= 15 is 0 Å². The van der Waals surface area contributed by atoms with Crippen LogP contribution in [0, 0.1) is 17.8 Å². The second-order valence-electron chi connectivity index (χ2n) is 10.4. The molecular weight excluding hydrogens is 372 g/mol. The molecule has 4 saturated carbocycles. The highest BCUT2D eigenvalue weighted by Gasteiger charge is 2.51. The smallest absolute Gasteiger partial charge is 0.220 e. The van der Waals surface area contributed by atoms with E-state index in [1.54, 1.807) is 0 Å². The molecule has 4 atom stereocenters. The Morgan fingerprint density at radius 3 is 2.14 bits per heavy atom. The molecule has 7 heteroatoms. The Morgan fingerprint density at radius 2 is 1.55 bits per heavy atom. The number of aliphatic hydroxyl groups is 4. The van der Waals surface area contributed by atoms with Crippen LogP contribution >= 0.6 is 0 Å². The molecule has 166 valence electrons. The van der Waals surface area contributed by atoms with Crippen molar-refractivity contribution in [3.05, 3.63) is 0 Å². The Bertz CT molecular complexity index is 550. The molecule has 0 aromatic heterocycles. The number of carbonyl (C=O) groups is 1. The van der Waals surface area contributed by atoms with E-state index in [1.165, 1.54) is 38.5 Å². The minimum atomic E-state index is -1.21. The zero-order valence-corrected chi connectivity index (χ0v) is 17.4. The lowest BCUT2D eigenvalue weighted by atomic mass is 9.53. The number of carbonyl (C=O) groups excluding carboxylic acids is 1. The Balaban J connectivity index is 1.16. The molecule has 0 spiro atoms. The van der Waals surface area contributed by atoms with Crippen molar-refractivity contribution in [2.45, 2.75) is 94.1 Å². The van der Waals surface area contributed by atoms with E-state index in [1.807, 2.05) is 4.90 Å². The molecule has 0 radical (unpaired) electrons. The van der Waals surface area contributed by atoms with Crippen LogP contribution in [0.5, 0.6) is 0 Å². The van der Waals surface area contributed by atoms with Gasteiger partial charge in [-0.3, -0.25) is 9.69 Å². The van der Waals surface area contributed by atoms with Gasteiger partial charge in [0.25, 0.3) is 0 Å². The van der Waals surface area contributed by atoms with Crippen molar-refractivity contribution in [3.63, 3.8) is 0 Å². The third kappa shape index (κ3) is 4.64. The average Bonchev–Trinajstić information content (AvgIpc) is 2.64. The van der Waals surface area contributed by atoms with Crippen molar-refractivity contribution < 1.29 is 25.2 Å². The largest absolute Gasteiger partial charge is 0.395 e. The van der Waals surface area contributed by atoms with E-state index in [-0.39, 0.29) is 24.6 Å². The zero-order chi connectivity index (χ0) is 20.6. The topological polar surface area (TPSA) is 113 Å². The maximum absolute atomic E-state index is 12.6. The average molecular weight is 411 g/mol. The predicted molar refractivity (Wildman–Crippen MR) is 108 cm³/mol. The lowest BCUT2D eigenvalue weighted by Gasteiger charge is -2.56. The quantitative estimate of drug-likeness (QED) is 0.370. The summed E-state index contributed by atoms with van der Waals surface area (Å²) in [5.74, 6) is 2.67. The van der Waals surface area contributed by atoms with Crippen LogP contribution in [0.4, 0.5) is 0 Å². The summed E-state index contributed by atoms with van der Waals surface area (Å²) in [5, 5.41) is 42.6. The van der Waals surface area contributed by atoms with Crippen molar-refractivity contribution in [2.75, 3.05) is 19.7 Å². The fraction of sp³-hybridized carbons (Fsp3) is 0.955. The Kier molecular flexibility index (Phi) is 6.52. The fourth-order valence-corrected chi connectivity index (χ4v) is 7.03. The molecule has 0 aromatic rings. The minimum Gasteiger partial charge on any atom is -0.395 e. The summed E-state index contributed by atoms with van der Waals surface area (Å²) in [6.45, 7) is 0.622. The first-order valence-electron chi connectivity index (χ1n) is 11.6. The van der Waals surface area contributed by atoms with Gasteiger partial charge in [0.2, 0.25) is 5.91 Å². The molecule has 5 rings (SSSR count). The van der Waals surface area contributed by atoms with Gasteiger partial charge in [0.1, 0.15) is 12.2 Å². The summed E-state index contributed by atoms with van der Waals surface area (Å²) in [6, 6.07) is -0.548. The van der Waals surface area contributed by atoms with Crippen molar-refractivity contribution in [2.24, 2.45) is 17.8 Å². The number of hydrogen-bond acceptors (Lipinski definition) is 6. The first-order valence-corrected chi connectivity index (χ1v) is 11.6. The first kappa shape index (κ1) is 21.5. The molecule has 5 fully saturated rings. The molecule has 29 heavy (non-hydrogen) atoms. The van der Waals surface area contributed by atoms with Crippen LogP contribution in [0.25, 0.3) is 0 Å². The number of likely N-dealkylation sites (tertiary alicyclic amines) is 1. The summed E-state index contributed by atoms with van der Waals surface area (Å²) in [6.07, 6.45) is 7.40. The lowest BCUT2D eigenvalue weighted by molar-refractivity contribution is -0.145. The van der Waals surface area contributed by atoms with Gasteiger partial charge in [-0.2, -0.15) is 0 Å². The van der Waals surface area contributed by atoms with E-state index in [2.05, 4.69) is 5.32 Å². The maximum atomic E-state index is 12.6. The van der Waals surface area contributed by atoms with E-state index < -0.39 is 24.4 Å². The normalized spacial score (nSPS) is 44.2. The predicted octanol–water partition coefficient (Wildman–Crippen LogP) is 0.391. The van der Waals surface area contributed by atoms with Crippen LogP contribution in [0.3, 0.4) is 0 Å². The number of unbranched alkanes of at least 4 members (excludes halogenated alkanes) is 2. The van der Waals surface area contributed by atoms with Gasteiger partial charge in [0.15, 0.2) is 0 Å². The summed E-state index contributed by atoms with van der Waals surface area (Å²) in [7, 11) is 0. The lowest BCUT2D eigenvalue weighted by Crippen LogP contribution is -2.62. The highest BCUT2D eigenvalue weighted by molar-refractivity contribution is 5.76. The molecule has 5 aliphatic rings. The molecule has 4 aliphatic carbocycles. The number of aliphatic hydroxyl groups excluding tert-OH is 4. The Labute approximate surface area is 173 Å². The van der Waals surface area contributed by atoms with E-state index in [4.69, 9.17) is 0 Å². The molecule has 0 aromatic carbocycles. The van der Waals surface area contributed by atoms with Gasteiger partial charge in [-0.05, 0) is 75.7 Å². The van der Waals surface area contributed by atoms with Crippen LogP contribution in [0.15, 0.2) is 0 Å². The molecule has 5 N–H and O–H groups in total. The van der Waals surface area contributed by atoms with Gasteiger partial charge in [-0.1, -0.05) is 6.42 Å². The standard InChI is InChI=1S/C22H38N2O5/c25-13-17-20(28)21(29)18(26)12-24(17)5-3-1-2-4-19(27)23-22-9-14-6-15(10-22)8-16(7-14)11-22/h14-18,20-21,25-26,28-29H,1-13H2,(H,23,27)/t14?,15?,16?,17-,18+,20-,21-,22?/m1/s1. The zero-order valence-electron chi connectivity index (χ0n) is 17.4. The third-order valence-electron chi connectivity index (χ3n) is 8.01. The van der Waals surface area contributed by atoms with Crippen LogP contribution in [0.2, 0.25) is 0 Å². The summed E-state index contributed by atoms with van der Waals surface area (Å²) < 4.78 is 0. The van der Waals surface area contributed by atoms with Crippen LogP contribution < -0.4 is 5.32 Å². The van der Waals surface area contributed by atoms with Gasteiger partial charge >= 0.3 is 0 Å². The van der Waals surface area contributed by atoms with E-state index in [9.17, 15) is 25.2 Å². The Hall–Kier alpha value is -0.730. The van der Waals surface area contributed by atoms with Gasteiger partial charge < -0.3 is 25.7 Å². The number of nitrogens with one attached hydrogen (secondary N) is 1. The van der Waals surface area contributed by atoms with E-state index in [0.717, 1.165) is 37.0 Å². The first-order chi connectivity index (χ1) is 13.9.